The van der Waals surface area contributed by atoms with Gasteiger partial charge in [-0.2, -0.15) is 8.42 Å². The minimum atomic E-state index is -3.91. The van der Waals surface area contributed by atoms with Crippen LogP contribution in [0.15, 0.2) is 16.4 Å². The fraction of sp³-hybridized carbons (Fsp3) is 0.400. The van der Waals surface area contributed by atoms with Gasteiger partial charge in [0.1, 0.15) is 17.8 Å². The summed E-state index contributed by atoms with van der Waals surface area (Å²) in [7, 11) is -2.67. The Morgan fingerprint density at radius 1 is 1.33 bits per heavy atom. The first-order valence-corrected chi connectivity index (χ1v) is 9.46. The summed E-state index contributed by atoms with van der Waals surface area (Å²) in [6.07, 6.45) is 0.0499. The lowest BCUT2D eigenvalue weighted by Crippen LogP contribution is -2.27. The summed E-state index contributed by atoms with van der Waals surface area (Å²) in [5.41, 5.74) is 8.60. The molecular formula is C15H14N4O7S. The quantitative estimate of drug-likeness (QED) is 0.239. The SMILES string of the molecule is COC1=C(C)C(=O)c2c(c(C=O)c3n2C[C@@H](OS(C)(=O)=O)[C@@H]3N=[N+]=[N-])C1=O. The molecule has 0 unspecified atom stereocenters. The largest absolute Gasteiger partial charge is 0.492 e. The van der Waals surface area contributed by atoms with Crippen molar-refractivity contribution < 1.29 is 31.7 Å². The molecule has 27 heavy (non-hydrogen) atoms. The number of carbonyl (C=O) groups is 3. The van der Waals surface area contributed by atoms with E-state index in [0.717, 1.165) is 6.26 Å². The van der Waals surface area contributed by atoms with E-state index in [-0.39, 0.29) is 40.4 Å². The van der Waals surface area contributed by atoms with Crippen molar-refractivity contribution in [3.05, 3.63) is 44.3 Å². The van der Waals surface area contributed by atoms with E-state index in [2.05, 4.69) is 10.0 Å². The van der Waals surface area contributed by atoms with Gasteiger partial charge in [0.2, 0.25) is 11.6 Å². The van der Waals surface area contributed by atoms with E-state index in [1.165, 1.54) is 18.6 Å². The van der Waals surface area contributed by atoms with Crippen molar-refractivity contribution in [2.75, 3.05) is 13.4 Å². The average Bonchev–Trinajstić information content (AvgIpc) is 3.07. The zero-order chi connectivity index (χ0) is 20.1. The zero-order valence-electron chi connectivity index (χ0n) is 14.5. The first-order chi connectivity index (χ1) is 12.7. The van der Waals surface area contributed by atoms with Gasteiger partial charge >= 0.3 is 0 Å². The van der Waals surface area contributed by atoms with Crippen LogP contribution in [0.1, 0.15) is 49.9 Å². The minimum Gasteiger partial charge on any atom is -0.492 e. The fourth-order valence-corrected chi connectivity index (χ4v) is 4.12. The van der Waals surface area contributed by atoms with E-state index in [1.807, 2.05) is 0 Å². The number of Topliss-reactive ketones (excluding diaryl/α,β-unsaturated/α-hetero) is 2. The van der Waals surface area contributed by atoms with Crippen molar-refractivity contribution >= 4 is 28.0 Å². The van der Waals surface area contributed by atoms with E-state index in [1.54, 1.807) is 0 Å². The minimum absolute atomic E-state index is 0.0561. The van der Waals surface area contributed by atoms with Crippen LogP contribution in [-0.2, 0) is 25.6 Å². The molecule has 0 aromatic carbocycles. The van der Waals surface area contributed by atoms with Gasteiger partial charge in [0.15, 0.2) is 12.0 Å². The number of aromatic nitrogens is 1. The highest BCUT2D eigenvalue weighted by molar-refractivity contribution is 7.86. The van der Waals surface area contributed by atoms with Crippen LogP contribution in [0.3, 0.4) is 0 Å². The maximum absolute atomic E-state index is 12.8. The second kappa shape index (κ2) is 6.34. The number of azide groups is 1. The lowest BCUT2D eigenvalue weighted by molar-refractivity contribution is 0.0898. The molecule has 0 spiro atoms. The number of hydrogen-bond acceptors (Lipinski definition) is 8. The summed E-state index contributed by atoms with van der Waals surface area (Å²) in [6, 6.07) is -1.21. The molecular weight excluding hydrogens is 380 g/mol. The molecule has 0 bridgehead atoms. The highest BCUT2D eigenvalue weighted by Crippen LogP contribution is 2.42. The molecule has 0 N–H and O–H groups in total. The molecule has 2 aliphatic rings. The Morgan fingerprint density at radius 3 is 2.52 bits per heavy atom. The normalized spacial score (nSPS) is 21.6. The van der Waals surface area contributed by atoms with Crippen LogP contribution in [-0.4, -0.2) is 50.3 Å². The summed E-state index contributed by atoms with van der Waals surface area (Å²) >= 11 is 0. The monoisotopic (exact) mass is 394 g/mol. The molecule has 0 radical (unpaired) electrons. The van der Waals surface area contributed by atoms with Crippen molar-refractivity contribution in [3.8, 4) is 0 Å². The summed E-state index contributed by atoms with van der Waals surface area (Å²) in [5, 5.41) is 3.53. The van der Waals surface area contributed by atoms with Crippen LogP contribution in [0.4, 0.5) is 0 Å². The Hall–Kier alpha value is -2.95. The molecule has 0 fully saturated rings. The molecule has 2 atom stereocenters. The predicted octanol–water partition coefficient (Wildman–Crippen LogP) is 1.31. The molecule has 1 aliphatic heterocycles. The molecule has 3 rings (SSSR count). The summed E-state index contributed by atoms with van der Waals surface area (Å²) in [4.78, 5) is 39.9. The van der Waals surface area contributed by atoms with Crippen molar-refractivity contribution in [1.82, 2.24) is 4.57 Å². The van der Waals surface area contributed by atoms with Crippen LogP contribution in [0.5, 0.6) is 0 Å². The first-order valence-electron chi connectivity index (χ1n) is 7.64. The molecule has 2 heterocycles. The zero-order valence-corrected chi connectivity index (χ0v) is 15.3. The summed E-state index contributed by atoms with van der Waals surface area (Å²) < 4.78 is 34.3. The van der Waals surface area contributed by atoms with E-state index in [4.69, 9.17) is 14.5 Å². The maximum Gasteiger partial charge on any atom is 0.264 e. The molecule has 12 heteroatoms. The second-order valence-corrected chi connectivity index (χ2v) is 7.66. The number of aldehydes is 1. The molecule has 1 aromatic rings. The van der Waals surface area contributed by atoms with Crippen molar-refractivity contribution in [3.63, 3.8) is 0 Å². The van der Waals surface area contributed by atoms with Crippen molar-refractivity contribution in [1.29, 1.82) is 0 Å². The standard InChI is InChI=1S/C15H14N4O7S/c1-6-13(21)12-9(14(22)15(6)25-2)7(5-20)11-10(17-18-16)8(4-19(11)12)26-27(3,23)24/h5,8,10H,4H2,1-3H3/t8-,10+/m1/s1. The number of nitrogens with zero attached hydrogens (tertiary/aromatic N) is 4. The van der Waals surface area contributed by atoms with Crippen LogP contribution in [0.2, 0.25) is 0 Å². The van der Waals surface area contributed by atoms with Crippen LogP contribution >= 0.6 is 0 Å². The van der Waals surface area contributed by atoms with Gasteiger partial charge in [-0.25, -0.2) is 0 Å². The van der Waals surface area contributed by atoms with Crippen LogP contribution < -0.4 is 0 Å². The van der Waals surface area contributed by atoms with Crippen LogP contribution in [0, 0.1) is 0 Å². The van der Waals surface area contributed by atoms with E-state index < -0.39 is 33.8 Å². The molecule has 0 saturated carbocycles. The van der Waals surface area contributed by atoms with Gasteiger partial charge in [-0.1, -0.05) is 5.11 Å². The third kappa shape index (κ3) is 2.74. The van der Waals surface area contributed by atoms with Crippen molar-refractivity contribution in [2.45, 2.75) is 25.6 Å². The highest BCUT2D eigenvalue weighted by atomic mass is 32.2. The van der Waals surface area contributed by atoms with E-state index in [9.17, 15) is 22.8 Å². The number of carbonyl (C=O) groups excluding carboxylic acids is 3. The van der Waals surface area contributed by atoms with Crippen LogP contribution in [0.25, 0.3) is 10.4 Å². The number of ether oxygens (including phenoxy) is 1. The third-order valence-electron chi connectivity index (χ3n) is 4.46. The number of fused-ring (bicyclic) bond motifs is 3. The average molecular weight is 394 g/mol. The van der Waals surface area contributed by atoms with Gasteiger partial charge in [0.05, 0.1) is 25.5 Å². The molecule has 11 nitrogen and oxygen atoms in total. The molecule has 1 aliphatic carbocycles. The van der Waals surface area contributed by atoms with Gasteiger partial charge in [-0.15, -0.1) is 0 Å². The number of allylic oxidation sites excluding steroid dienone is 2. The van der Waals surface area contributed by atoms with E-state index >= 15 is 0 Å². The molecule has 0 saturated heterocycles. The van der Waals surface area contributed by atoms with Gasteiger partial charge in [0, 0.05) is 21.7 Å². The number of methoxy groups -OCH3 is 1. The summed E-state index contributed by atoms with van der Waals surface area (Å²) in [5.74, 6) is -1.37. The van der Waals surface area contributed by atoms with E-state index in [0.29, 0.717) is 6.29 Å². The Labute approximate surface area is 153 Å². The van der Waals surface area contributed by atoms with Gasteiger partial charge in [-0.05, 0) is 12.5 Å². The maximum atomic E-state index is 12.8. The summed E-state index contributed by atoms with van der Waals surface area (Å²) in [6.45, 7) is 1.23. The Morgan fingerprint density at radius 2 is 2.00 bits per heavy atom. The lowest BCUT2D eigenvalue weighted by atomic mass is 9.90. The lowest BCUT2D eigenvalue weighted by Gasteiger charge is -2.19. The second-order valence-electron chi connectivity index (χ2n) is 6.06. The topological polar surface area (TPSA) is 158 Å². The van der Waals surface area contributed by atoms with Gasteiger partial charge < -0.3 is 9.30 Å². The number of hydrogen-bond donors (Lipinski definition) is 0. The number of rotatable bonds is 5. The Bertz CT molecular complexity index is 1080. The number of ketones is 2. The third-order valence-corrected chi connectivity index (χ3v) is 5.06. The molecule has 142 valence electrons. The van der Waals surface area contributed by atoms with Gasteiger partial charge in [0.25, 0.3) is 10.1 Å². The Kier molecular flexibility index (Phi) is 4.42. The van der Waals surface area contributed by atoms with Crippen molar-refractivity contribution in [2.24, 2.45) is 5.11 Å². The Balaban J connectivity index is 2.28. The smallest absolute Gasteiger partial charge is 0.264 e. The van der Waals surface area contributed by atoms with Gasteiger partial charge in [-0.3, -0.25) is 18.6 Å². The fourth-order valence-electron chi connectivity index (χ4n) is 3.51. The highest BCUT2D eigenvalue weighted by Gasteiger charge is 2.46. The first kappa shape index (κ1) is 18.8. The molecule has 0 amide bonds. The molecule has 1 aromatic heterocycles. The predicted molar refractivity (Wildman–Crippen MR) is 89.8 cm³/mol.